The molecule has 2 saturated heterocycles. The number of aromatic nitrogens is 1. The molecule has 2 aliphatic heterocycles. The third-order valence-corrected chi connectivity index (χ3v) is 9.56. The van der Waals surface area contributed by atoms with Crippen LogP contribution >= 0.6 is 0 Å². The van der Waals surface area contributed by atoms with Crippen molar-refractivity contribution in [3.8, 4) is 0 Å². The Morgan fingerprint density at radius 1 is 1.00 bits per heavy atom. The molecule has 2 aliphatic rings. The number of amides is 1. The van der Waals surface area contributed by atoms with Crippen LogP contribution in [0.1, 0.15) is 48.4 Å². The van der Waals surface area contributed by atoms with Crippen molar-refractivity contribution in [3.05, 3.63) is 65.1 Å². The molecule has 1 amide bonds. The van der Waals surface area contributed by atoms with Gasteiger partial charge in [0.15, 0.2) is 0 Å². The van der Waals surface area contributed by atoms with E-state index in [9.17, 15) is 17.6 Å². The smallest absolute Gasteiger partial charge is 0.243 e. The fraction of sp³-hybridized carbons (Fsp3) is 0.444. The van der Waals surface area contributed by atoms with Gasteiger partial charge in [0.05, 0.1) is 4.90 Å². The van der Waals surface area contributed by atoms with E-state index in [4.69, 9.17) is 0 Å². The molecule has 35 heavy (non-hydrogen) atoms. The molecule has 5 rings (SSSR count). The summed E-state index contributed by atoms with van der Waals surface area (Å²) in [6.45, 7) is 6.49. The maximum Gasteiger partial charge on any atom is 0.243 e. The van der Waals surface area contributed by atoms with Crippen molar-refractivity contribution in [1.82, 2.24) is 13.8 Å². The number of aryl methyl sites for hydroxylation is 1. The van der Waals surface area contributed by atoms with E-state index in [1.807, 2.05) is 17.0 Å². The SMILES string of the molecule is Cc1cc(S(=O)(=O)N2CCC(c3c(C)n(CC(=O)N4CCCC4)c4ccccc34)CC2)ccc1F. The number of carbonyl (C=O) groups excluding carboxylic acids is 1. The standard InChI is InChI=1S/C27H32FN3O3S/c1-19-17-22(9-10-24(19)28)35(33,34)30-15-11-21(12-16-30)27-20(2)31(25-8-4-3-7-23(25)27)18-26(32)29-13-5-6-14-29/h3-4,7-10,17,21H,5-6,11-16,18H2,1-2H3. The minimum Gasteiger partial charge on any atom is -0.341 e. The Kier molecular flexibility index (Phi) is 6.44. The van der Waals surface area contributed by atoms with E-state index >= 15 is 0 Å². The Bertz CT molecular complexity index is 1370. The number of carbonyl (C=O) groups is 1. The van der Waals surface area contributed by atoms with E-state index in [0.717, 1.165) is 42.5 Å². The van der Waals surface area contributed by atoms with Crippen LogP contribution in [0.25, 0.3) is 10.9 Å². The van der Waals surface area contributed by atoms with Crippen LogP contribution in [-0.2, 0) is 21.4 Å². The van der Waals surface area contributed by atoms with Crippen LogP contribution in [0.5, 0.6) is 0 Å². The highest BCUT2D eigenvalue weighted by atomic mass is 32.2. The lowest BCUT2D eigenvalue weighted by molar-refractivity contribution is -0.130. The summed E-state index contributed by atoms with van der Waals surface area (Å²) in [5.74, 6) is -0.0319. The first-order chi connectivity index (χ1) is 16.8. The molecule has 0 radical (unpaired) electrons. The summed E-state index contributed by atoms with van der Waals surface area (Å²) in [6.07, 6.45) is 3.55. The Morgan fingerprint density at radius 2 is 1.69 bits per heavy atom. The highest BCUT2D eigenvalue weighted by Gasteiger charge is 2.32. The van der Waals surface area contributed by atoms with E-state index in [1.54, 1.807) is 6.92 Å². The lowest BCUT2D eigenvalue weighted by atomic mass is 9.88. The third kappa shape index (κ3) is 4.38. The number of benzene rings is 2. The van der Waals surface area contributed by atoms with Gasteiger partial charge in [-0.2, -0.15) is 4.31 Å². The summed E-state index contributed by atoms with van der Waals surface area (Å²) in [5.41, 5.74) is 3.70. The molecule has 0 N–H and O–H groups in total. The zero-order valence-corrected chi connectivity index (χ0v) is 21.2. The van der Waals surface area contributed by atoms with E-state index in [2.05, 4.69) is 23.6 Å². The number of hydrogen-bond donors (Lipinski definition) is 0. The topological polar surface area (TPSA) is 62.6 Å². The van der Waals surface area contributed by atoms with E-state index in [0.29, 0.717) is 38.0 Å². The third-order valence-electron chi connectivity index (χ3n) is 7.66. The minimum atomic E-state index is -3.67. The maximum absolute atomic E-state index is 13.7. The van der Waals surface area contributed by atoms with Crippen molar-refractivity contribution in [1.29, 1.82) is 0 Å². The Morgan fingerprint density at radius 3 is 2.37 bits per heavy atom. The van der Waals surface area contributed by atoms with E-state index in [-0.39, 0.29) is 16.7 Å². The lowest BCUT2D eigenvalue weighted by Crippen LogP contribution is -2.38. The van der Waals surface area contributed by atoms with E-state index < -0.39 is 15.8 Å². The van der Waals surface area contributed by atoms with Crippen LogP contribution in [-0.4, -0.2) is 54.3 Å². The van der Waals surface area contributed by atoms with Crippen LogP contribution in [0, 0.1) is 19.7 Å². The highest BCUT2D eigenvalue weighted by Crippen LogP contribution is 2.38. The van der Waals surface area contributed by atoms with Gasteiger partial charge in [0, 0.05) is 42.8 Å². The summed E-state index contributed by atoms with van der Waals surface area (Å²) in [4.78, 5) is 15.0. The number of piperidine rings is 1. The van der Waals surface area contributed by atoms with Crippen molar-refractivity contribution in [2.45, 2.75) is 56.9 Å². The van der Waals surface area contributed by atoms with Crippen molar-refractivity contribution >= 4 is 26.8 Å². The van der Waals surface area contributed by atoms with Crippen molar-refractivity contribution < 1.29 is 17.6 Å². The molecule has 2 aromatic carbocycles. The van der Waals surface area contributed by atoms with Crippen molar-refractivity contribution in [2.24, 2.45) is 0 Å². The first kappa shape index (κ1) is 24.0. The Labute approximate surface area is 206 Å². The second-order valence-electron chi connectivity index (χ2n) is 9.78. The molecule has 2 fully saturated rings. The molecule has 1 aromatic heterocycles. The molecule has 6 nitrogen and oxygen atoms in total. The van der Waals surface area contributed by atoms with Gasteiger partial charge in [-0.3, -0.25) is 4.79 Å². The number of para-hydroxylation sites is 1. The molecule has 0 bridgehead atoms. The van der Waals surface area contributed by atoms with Gasteiger partial charge in [-0.25, -0.2) is 12.8 Å². The number of fused-ring (bicyclic) bond motifs is 1. The predicted molar refractivity (Wildman–Crippen MR) is 134 cm³/mol. The number of hydrogen-bond acceptors (Lipinski definition) is 3. The lowest BCUT2D eigenvalue weighted by Gasteiger charge is -2.31. The highest BCUT2D eigenvalue weighted by molar-refractivity contribution is 7.89. The van der Waals surface area contributed by atoms with Crippen LogP contribution < -0.4 is 0 Å². The summed E-state index contributed by atoms with van der Waals surface area (Å²) < 4.78 is 43.7. The fourth-order valence-electron chi connectivity index (χ4n) is 5.69. The quantitative estimate of drug-likeness (QED) is 0.518. The Balaban J connectivity index is 1.38. The summed E-state index contributed by atoms with van der Waals surface area (Å²) in [7, 11) is -3.67. The zero-order valence-electron chi connectivity index (χ0n) is 20.3. The van der Waals surface area contributed by atoms with Crippen molar-refractivity contribution in [3.63, 3.8) is 0 Å². The summed E-state index contributed by atoms with van der Waals surface area (Å²) in [6, 6.07) is 12.2. The molecular weight excluding hydrogens is 465 g/mol. The van der Waals surface area contributed by atoms with Gasteiger partial charge < -0.3 is 9.47 Å². The molecule has 0 saturated carbocycles. The molecule has 3 heterocycles. The van der Waals surface area contributed by atoms with Gasteiger partial charge >= 0.3 is 0 Å². The normalized spacial score (nSPS) is 18.0. The molecule has 0 unspecified atom stereocenters. The van der Waals surface area contributed by atoms with Crippen molar-refractivity contribution in [2.75, 3.05) is 26.2 Å². The molecule has 186 valence electrons. The van der Waals surface area contributed by atoms with Crippen LogP contribution in [0.3, 0.4) is 0 Å². The van der Waals surface area contributed by atoms with Crippen LogP contribution in [0.4, 0.5) is 4.39 Å². The second kappa shape index (κ2) is 9.39. The van der Waals surface area contributed by atoms with Gasteiger partial charge in [0.2, 0.25) is 15.9 Å². The molecular formula is C27H32FN3O3S. The number of likely N-dealkylation sites (tertiary alicyclic amines) is 1. The first-order valence-electron chi connectivity index (χ1n) is 12.4. The monoisotopic (exact) mass is 497 g/mol. The minimum absolute atomic E-state index is 0.142. The van der Waals surface area contributed by atoms with Crippen LogP contribution in [0.2, 0.25) is 0 Å². The number of halogens is 1. The molecule has 0 aliphatic carbocycles. The average molecular weight is 498 g/mol. The Hall–Kier alpha value is -2.71. The average Bonchev–Trinajstić information content (AvgIpc) is 3.48. The number of sulfonamides is 1. The first-order valence-corrected chi connectivity index (χ1v) is 13.8. The summed E-state index contributed by atoms with van der Waals surface area (Å²) in [5, 5.41) is 1.15. The second-order valence-corrected chi connectivity index (χ2v) is 11.7. The van der Waals surface area contributed by atoms with Gasteiger partial charge in [-0.05, 0) is 80.8 Å². The molecule has 0 spiro atoms. The van der Waals surface area contributed by atoms with Gasteiger partial charge in [-0.1, -0.05) is 18.2 Å². The van der Waals surface area contributed by atoms with E-state index in [1.165, 1.54) is 28.1 Å². The summed E-state index contributed by atoms with van der Waals surface area (Å²) >= 11 is 0. The number of rotatable bonds is 5. The van der Waals surface area contributed by atoms with Gasteiger partial charge in [0.25, 0.3) is 0 Å². The van der Waals surface area contributed by atoms with Crippen LogP contribution in [0.15, 0.2) is 47.4 Å². The molecule has 0 atom stereocenters. The number of nitrogens with zero attached hydrogens (tertiary/aromatic N) is 3. The van der Waals surface area contributed by atoms with Gasteiger partial charge in [0.1, 0.15) is 12.4 Å². The molecule has 8 heteroatoms. The molecule has 3 aromatic rings. The van der Waals surface area contributed by atoms with Gasteiger partial charge in [-0.15, -0.1) is 0 Å². The predicted octanol–water partition coefficient (Wildman–Crippen LogP) is 4.59. The zero-order chi connectivity index (χ0) is 24.7. The largest absolute Gasteiger partial charge is 0.341 e. The fourth-order valence-corrected chi connectivity index (χ4v) is 7.25. The maximum atomic E-state index is 13.7.